The molecule has 0 aliphatic carbocycles. The highest BCUT2D eigenvalue weighted by atomic mass is 16.5. The molecule has 1 unspecified atom stereocenters. The molecule has 1 heterocycles. The Labute approximate surface area is 135 Å². The number of nitrogens with one attached hydrogen (secondary N) is 1. The predicted molar refractivity (Wildman–Crippen MR) is 91.1 cm³/mol. The molecule has 0 fully saturated rings. The Balaban J connectivity index is 2.08. The maximum absolute atomic E-state index is 12.5. The average Bonchev–Trinajstić information content (AvgIpc) is 2.62. The van der Waals surface area contributed by atoms with Gasteiger partial charge in [0.1, 0.15) is 23.7 Å². The molecule has 4 heteroatoms. The summed E-state index contributed by atoms with van der Waals surface area (Å²) in [6, 6.07) is 15.4. The lowest BCUT2D eigenvalue weighted by atomic mass is 9.96. The van der Waals surface area contributed by atoms with Gasteiger partial charge in [0, 0.05) is 11.1 Å². The SMILES string of the molecule is COc1ccc(C2=C(c3ccc(OC)cc3)[NH+]([O-])CC=C2)cc1. The van der Waals surface area contributed by atoms with Crippen LogP contribution in [0, 0.1) is 5.21 Å². The van der Waals surface area contributed by atoms with Crippen molar-refractivity contribution in [1.29, 1.82) is 0 Å². The standard InChI is InChI=1S/C19H19NO3/c1-22-16-9-5-14(6-10-16)18-4-3-13-20(21)19(18)15-7-11-17(23-2)12-8-15/h3-12,20H,13H2,1-2H3. The molecule has 23 heavy (non-hydrogen) atoms. The number of benzene rings is 2. The summed E-state index contributed by atoms with van der Waals surface area (Å²) in [5, 5.41) is 12.6. The van der Waals surface area contributed by atoms with Gasteiger partial charge < -0.3 is 19.7 Å². The molecule has 4 nitrogen and oxygen atoms in total. The molecule has 0 radical (unpaired) electrons. The Morgan fingerprint density at radius 3 is 1.87 bits per heavy atom. The number of hydrogen-bond acceptors (Lipinski definition) is 3. The van der Waals surface area contributed by atoms with Crippen LogP contribution in [0.2, 0.25) is 0 Å². The Hall–Kier alpha value is -2.56. The fourth-order valence-corrected chi connectivity index (χ4v) is 2.70. The van der Waals surface area contributed by atoms with E-state index in [9.17, 15) is 5.21 Å². The van der Waals surface area contributed by atoms with Crippen LogP contribution in [0.25, 0.3) is 11.3 Å². The first-order valence-corrected chi connectivity index (χ1v) is 7.46. The van der Waals surface area contributed by atoms with Crippen LogP contribution in [-0.4, -0.2) is 20.8 Å². The number of quaternary nitrogens is 1. The van der Waals surface area contributed by atoms with Gasteiger partial charge in [-0.1, -0.05) is 12.1 Å². The molecule has 1 atom stereocenters. The van der Waals surface area contributed by atoms with Gasteiger partial charge in [-0.2, -0.15) is 0 Å². The number of allylic oxidation sites excluding steroid dienone is 2. The first-order valence-electron chi connectivity index (χ1n) is 7.46. The lowest BCUT2D eigenvalue weighted by Gasteiger charge is -2.28. The van der Waals surface area contributed by atoms with Crippen molar-refractivity contribution < 1.29 is 14.5 Å². The molecule has 2 aromatic rings. The molecule has 0 spiro atoms. The number of rotatable bonds is 4. The zero-order chi connectivity index (χ0) is 16.2. The highest BCUT2D eigenvalue weighted by Gasteiger charge is 2.19. The number of methoxy groups -OCH3 is 2. The van der Waals surface area contributed by atoms with Crippen LogP contribution >= 0.6 is 0 Å². The van der Waals surface area contributed by atoms with Crippen LogP contribution in [0.4, 0.5) is 0 Å². The highest BCUT2D eigenvalue weighted by Crippen LogP contribution is 2.27. The number of hydrogen-bond donors (Lipinski definition) is 1. The smallest absolute Gasteiger partial charge is 0.146 e. The Morgan fingerprint density at radius 2 is 1.35 bits per heavy atom. The van der Waals surface area contributed by atoms with Gasteiger partial charge in [-0.3, -0.25) is 0 Å². The molecule has 1 aliphatic heterocycles. The van der Waals surface area contributed by atoms with E-state index in [4.69, 9.17) is 9.47 Å². The summed E-state index contributed by atoms with van der Waals surface area (Å²) in [4.78, 5) is 0. The summed E-state index contributed by atoms with van der Waals surface area (Å²) in [6.07, 6.45) is 3.93. The Morgan fingerprint density at radius 1 is 0.826 bits per heavy atom. The topological polar surface area (TPSA) is 46.0 Å². The molecule has 1 N–H and O–H groups in total. The van der Waals surface area contributed by atoms with Crippen molar-refractivity contribution in [2.45, 2.75) is 0 Å². The van der Waals surface area contributed by atoms with Crippen molar-refractivity contribution in [3.63, 3.8) is 0 Å². The molecule has 0 bridgehead atoms. The van der Waals surface area contributed by atoms with Crippen LogP contribution < -0.4 is 14.5 Å². The van der Waals surface area contributed by atoms with Crippen molar-refractivity contribution in [3.8, 4) is 11.5 Å². The molecule has 0 aromatic heterocycles. The summed E-state index contributed by atoms with van der Waals surface area (Å²) in [7, 11) is 3.27. The maximum Gasteiger partial charge on any atom is 0.146 e. The van der Waals surface area contributed by atoms with Crippen LogP contribution in [0.15, 0.2) is 60.7 Å². The van der Waals surface area contributed by atoms with Gasteiger partial charge in [0.05, 0.1) is 14.2 Å². The van der Waals surface area contributed by atoms with E-state index < -0.39 is 0 Å². The molecule has 1 aliphatic rings. The van der Waals surface area contributed by atoms with Crippen LogP contribution in [0.5, 0.6) is 11.5 Å². The van der Waals surface area contributed by atoms with Crippen LogP contribution in [-0.2, 0) is 0 Å². The lowest BCUT2D eigenvalue weighted by Crippen LogP contribution is -3.04. The fourth-order valence-electron chi connectivity index (χ4n) is 2.70. The third-order valence-corrected chi connectivity index (χ3v) is 3.92. The van der Waals surface area contributed by atoms with Gasteiger partial charge in [-0.15, -0.1) is 0 Å². The monoisotopic (exact) mass is 309 g/mol. The van der Waals surface area contributed by atoms with E-state index in [1.807, 2.05) is 60.7 Å². The summed E-state index contributed by atoms with van der Waals surface area (Å²) in [5.41, 5.74) is 3.60. The quantitative estimate of drug-likeness (QED) is 0.883. The minimum atomic E-state index is 0.128. The van der Waals surface area contributed by atoms with E-state index in [0.717, 1.165) is 33.9 Å². The lowest BCUT2D eigenvalue weighted by molar-refractivity contribution is -0.761. The normalized spacial score (nSPS) is 17.3. The zero-order valence-electron chi connectivity index (χ0n) is 13.2. The summed E-state index contributed by atoms with van der Waals surface area (Å²) in [6.45, 7) is 0.432. The van der Waals surface area contributed by atoms with Crippen molar-refractivity contribution >= 4 is 11.3 Å². The summed E-state index contributed by atoms with van der Waals surface area (Å²) in [5.74, 6) is 1.57. The first kappa shape index (κ1) is 15.3. The fraction of sp³-hybridized carbons (Fsp3) is 0.158. The second-order valence-electron chi connectivity index (χ2n) is 5.28. The molecular formula is C19H19NO3. The first-order chi connectivity index (χ1) is 11.2. The van der Waals surface area contributed by atoms with Crippen molar-refractivity contribution in [3.05, 3.63) is 77.0 Å². The van der Waals surface area contributed by atoms with Crippen LogP contribution in [0.3, 0.4) is 0 Å². The molecule has 118 valence electrons. The molecular weight excluding hydrogens is 290 g/mol. The number of ether oxygens (including phenoxy) is 2. The molecule has 0 amide bonds. The van der Waals surface area contributed by atoms with Gasteiger partial charge in [0.2, 0.25) is 0 Å². The van der Waals surface area contributed by atoms with Gasteiger partial charge in [0.25, 0.3) is 0 Å². The number of hydroxylamine groups is 2. The summed E-state index contributed by atoms with van der Waals surface area (Å²) < 4.78 is 10.4. The van der Waals surface area contributed by atoms with Crippen molar-refractivity contribution in [1.82, 2.24) is 0 Å². The third-order valence-electron chi connectivity index (χ3n) is 3.92. The van der Waals surface area contributed by atoms with E-state index >= 15 is 0 Å². The molecule has 0 saturated carbocycles. The van der Waals surface area contributed by atoms with Gasteiger partial charge in [0.15, 0.2) is 0 Å². The van der Waals surface area contributed by atoms with Gasteiger partial charge >= 0.3 is 0 Å². The van der Waals surface area contributed by atoms with Crippen molar-refractivity contribution in [2.24, 2.45) is 0 Å². The van der Waals surface area contributed by atoms with Crippen LogP contribution in [0.1, 0.15) is 11.1 Å². The molecule has 2 aromatic carbocycles. The Kier molecular flexibility index (Phi) is 4.46. The largest absolute Gasteiger partial charge is 0.629 e. The van der Waals surface area contributed by atoms with E-state index in [0.29, 0.717) is 6.54 Å². The second-order valence-corrected chi connectivity index (χ2v) is 5.28. The third kappa shape index (κ3) is 3.13. The maximum atomic E-state index is 12.5. The highest BCUT2D eigenvalue weighted by molar-refractivity contribution is 5.92. The molecule has 0 saturated heterocycles. The minimum Gasteiger partial charge on any atom is -0.629 e. The van der Waals surface area contributed by atoms with E-state index in [-0.39, 0.29) is 5.06 Å². The van der Waals surface area contributed by atoms with Gasteiger partial charge in [-0.05, 0) is 54.1 Å². The van der Waals surface area contributed by atoms with E-state index in [1.165, 1.54) is 0 Å². The zero-order valence-corrected chi connectivity index (χ0v) is 13.2. The van der Waals surface area contributed by atoms with Crippen molar-refractivity contribution in [2.75, 3.05) is 20.8 Å². The minimum absolute atomic E-state index is 0.128. The van der Waals surface area contributed by atoms with E-state index in [1.54, 1.807) is 14.2 Å². The molecule has 3 rings (SSSR count). The Bertz CT molecular complexity index is 730. The van der Waals surface area contributed by atoms with E-state index in [2.05, 4.69) is 0 Å². The predicted octanol–water partition coefficient (Wildman–Crippen LogP) is 2.52. The van der Waals surface area contributed by atoms with Gasteiger partial charge in [-0.25, -0.2) is 0 Å². The second kappa shape index (κ2) is 6.69. The summed E-state index contributed by atoms with van der Waals surface area (Å²) >= 11 is 0. The average molecular weight is 309 g/mol.